The van der Waals surface area contributed by atoms with Crippen LogP contribution in [0.15, 0.2) is 60.1 Å². The van der Waals surface area contributed by atoms with Gasteiger partial charge in [0, 0.05) is 29.1 Å². The van der Waals surface area contributed by atoms with E-state index in [1.807, 2.05) is 17.5 Å². The molecule has 0 saturated carbocycles. The fraction of sp³-hybridized carbons (Fsp3) is 0.160. The Kier molecular flexibility index (Phi) is 7.02. The van der Waals surface area contributed by atoms with Crippen LogP contribution < -0.4 is 10.6 Å². The molecule has 4 rings (SSSR count). The fourth-order valence-electron chi connectivity index (χ4n) is 3.39. The zero-order valence-corrected chi connectivity index (χ0v) is 20.2. The van der Waals surface area contributed by atoms with Gasteiger partial charge in [0.05, 0.1) is 29.9 Å². The first-order valence-corrected chi connectivity index (χ1v) is 11.7. The number of carbonyl (C=O) groups is 3. The molecule has 2 amide bonds. The summed E-state index contributed by atoms with van der Waals surface area (Å²) >= 11 is 1.32. The molecule has 10 heteroatoms. The van der Waals surface area contributed by atoms with Crippen molar-refractivity contribution in [2.24, 2.45) is 0 Å². The predicted octanol–water partition coefficient (Wildman–Crippen LogP) is 4.69. The largest absolute Gasteiger partial charge is 0.462 e. The van der Waals surface area contributed by atoms with Crippen LogP contribution in [0.25, 0.3) is 16.9 Å². The molecule has 2 heterocycles. The van der Waals surface area contributed by atoms with E-state index in [0.29, 0.717) is 39.9 Å². The van der Waals surface area contributed by atoms with Gasteiger partial charge in [0.1, 0.15) is 5.56 Å². The van der Waals surface area contributed by atoms with Crippen LogP contribution in [0, 0.1) is 6.92 Å². The maximum Gasteiger partial charge on any atom is 0.341 e. The molecular weight excluding hydrogens is 466 g/mol. The molecule has 35 heavy (non-hydrogen) atoms. The summed E-state index contributed by atoms with van der Waals surface area (Å²) < 4.78 is 6.67. The van der Waals surface area contributed by atoms with Crippen molar-refractivity contribution in [2.75, 3.05) is 17.2 Å². The maximum absolute atomic E-state index is 12.7. The number of amides is 2. The zero-order valence-electron chi connectivity index (χ0n) is 19.4. The topological polar surface area (TPSA) is 115 Å². The third kappa shape index (κ3) is 5.44. The number of hydrogen-bond donors (Lipinski definition) is 2. The van der Waals surface area contributed by atoms with Gasteiger partial charge in [-0.3, -0.25) is 14.9 Å². The molecule has 0 aliphatic rings. The lowest BCUT2D eigenvalue weighted by Gasteiger charge is -2.07. The van der Waals surface area contributed by atoms with Crippen molar-refractivity contribution < 1.29 is 19.1 Å². The Morgan fingerprint density at radius 3 is 2.40 bits per heavy atom. The van der Waals surface area contributed by atoms with Gasteiger partial charge in [-0.1, -0.05) is 12.1 Å². The highest BCUT2D eigenvalue weighted by atomic mass is 32.1. The van der Waals surface area contributed by atoms with Crippen molar-refractivity contribution in [3.8, 4) is 16.9 Å². The number of ether oxygens (including phenoxy) is 1. The van der Waals surface area contributed by atoms with Crippen LogP contribution in [-0.4, -0.2) is 39.2 Å². The van der Waals surface area contributed by atoms with Crippen molar-refractivity contribution >= 4 is 39.9 Å². The van der Waals surface area contributed by atoms with Crippen LogP contribution in [0.5, 0.6) is 0 Å². The highest BCUT2D eigenvalue weighted by Crippen LogP contribution is 2.26. The number of hydrogen-bond acceptors (Lipinski definition) is 7. The van der Waals surface area contributed by atoms with Gasteiger partial charge in [-0.15, -0.1) is 11.3 Å². The van der Waals surface area contributed by atoms with Crippen LogP contribution in [0.4, 0.5) is 10.8 Å². The van der Waals surface area contributed by atoms with Gasteiger partial charge in [0.15, 0.2) is 5.13 Å². The minimum atomic E-state index is -0.418. The lowest BCUT2D eigenvalue weighted by atomic mass is 10.1. The number of anilines is 2. The molecule has 0 aliphatic heterocycles. The van der Waals surface area contributed by atoms with E-state index in [9.17, 15) is 14.4 Å². The van der Waals surface area contributed by atoms with E-state index in [-0.39, 0.29) is 11.8 Å². The summed E-state index contributed by atoms with van der Waals surface area (Å²) in [4.78, 5) is 40.4. The molecule has 0 bridgehead atoms. The van der Waals surface area contributed by atoms with E-state index in [1.165, 1.54) is 24.5 Å². The van der Waals surface area contributed by atoms with Crippen LogP contribution in [0.1, 0.15) is 40.3 Å². The summed E-state index contributed by atoms with van der Waals surface area (Å²) in [5.74, 6) is -0.841. The van der Waals surface area contributed by atoms with Crippen LogP contribution in [-0.2, 0) is 9.53 Å². The van der Waals surface area contributed by atoms with Gasteiger partial charge < -0.3 is 10.1 Å². The number of esters is 1. The van der Waals surface area contributed by atoms with Crippen LogP contribution in [0.3, 0.4) is 0 Å². The first-order chi connectivity index (χ1) is 16.9. The smallest absolute Gasteiger partial charge is 0.341 e. The molecule has 0 aliphatic carbocycles. The summed E-state index contributed by atoms with van der Waals surface area (Å²) in [5, 5.41) is 12.1. The Labute approximate surface area is 205 Å². The Morgan fingerprint density at radius 2 is 1.74 bits per heavy atom. The summed E-state index contributed by atoms with van der Waals surface area (Å²) in [6.07, 6.45) is 1.47. The number of carbonyl (C=O) groups excluding carboxylic acids is 3. The van der Waals surface area contributed by atoms with E-state index < -0.39 is 5.97 Å². The highest BCUT2D eigenvalue weighted by molar-refractivity contribution is 7.14. The molecule has 2 aromatic carbocycles. The first kappa shape index (κ1) is 23.8. The number of rotatable bonds is 7. The third-order valence-electron chi connectivity index (χ3n) is 5.10. The molecule has 0 radical (unpaired) electrons. The van der Waals surface area contributed by atoms with E-state index >= 15 is 0 Å². The number of benzene rings is 2. The van der Waals surface area contributed by atoms with Crippen molar-refractivity contribution in [3.05, 3.63) is 76.9 Å². The number of thiazole rings is 1. The van der Waals surface area contributed by atoms with Gasteiger partial charge in [-0.2, -0.15) is 5.10 Å². The van der Waals surface area contributed by atoms with E-state index in [1.54, 1.807) is 54.9 Å². The molecule has 0 atom stereocenters. The minimum absolute atomic E-state index is 0.134. The molecule has 9 nitrogen and oxygen atoms in total. The Morgan fingerprint density at radius 1 is 1.03 bits per heavy atom. The standard InChI is InChI=1S/C25H23N5O4S/c1-4-34-24(33)21-13-26-30(15(21)2)20-11-7-18(8-12-20)23(32)29-25-28-22(14-35-25)17-5-9-19(10-6-17)27-16(3)31/h5-14H,4H2,1-3H3,(H,27,31)(H,28,29,32). The second kappa shape index (κ2) is 10.3. The average molecular weight is 490 g/mol. The molecule has 0 spiro atoms. The zero-order chi connectivity index (χ0) is 24.9. The number of nitrogens with one attached hydrogen (secondary N) is 2. The van der Waals surface area contributed by atoms with Crippen LogP contribution >= 0.6 is 11.3 Å². The molecule has 0 unspecified atom stereocenters. The van der Waals surface area contributed by atoms with Crippen molar-refractivity contribution in [1.82, 2.24) is 14.8 Å². The molecule has 4 aromatic rings. The predicted molar refractivity (Wildman–Crippen MR) is 134 cm³/mol. The lowest BCUT2D eigenvalue weighted by Crippen LogP contribution is -2.12. The normalized spacial score (nSPS) is 10.6. The summed E-state index contributed by atoms with van der Waals surface area (Å²) in [5.41, 5.74) is 4.53. The van der Waals surface area contributed by atoms with Crippen LogP contribution in [0.2, 0.25) is 0 Å². The van der Waals surface area contributed by atoms with E-state index in [4.69, 9.17) is 4.74 Å². The van der Waals surface area contributed by atoms with Gasteiger partial charge in [0.2, 0.25) is 5.91 Å². The number of nitrogens with zero attached hydrogens (tertiary/aromatic N) is 3. The summed E-state index contributed by atoms with van der Waals surface area (Å²) in [7, 11) is 0. The van der Waals surface area contributed by atoms with Gasteiger partial charge >= 0.3 is 5.97 Å². The van der Waals surface area contributed by atoms with Gasteiger partial charge in [-0.25, -0.2) is 14.5 Å². The molecule has 0 fully saturated rings. The number of aromatic nitrogens is 3. The summed E-state index contributed by atoms with van der Waals surface area (Å²) in [6.45, 7) is 5.28. The molecule has 178 valence electrons. The Balaban J connectivity index is 1.43. The third-order valence-corrected chi connectivity index (χ3v) is 5.86. The minimum Gasteiger partial charge on any atom is -0.462 e. The Bertz CT molecular complexity index is 1370. The van der Waals surface area contributed by atoms with Crippen molar-refractivity contribution in [1.29, 1.82) is 0 Å². The van der Waals surface area contributed by atoms with Gasteiger partial charge in [-0.05, 0) is 50.2 Å². The molecule has 2 aromatic heterocycles. The fourth-order valence-corrected chi connectivity index (χ4v) is 4.11. The molecule has 0 saturated heterocycles. The second-order valence-corrected chi connectivity index (χ2v) is 8.43. The average Bonchev–Trinajstić information content (AvgIpc) is 3.46. The van der Waals surface area contributed by atoms with Gasteiger partial charge in [0.25, 0.3) is 5.91 Å². The van der Waals surface area contributed by atoms with Crippen molar-refractivity contribution in [2.45, 2.75) is 20.8 Å². The van der Waals surface area contributed by atoms with Crippen molar-refractivity contribution in [3.63, 3.8) is 0 Å². The molecule has 2 N–H and O–H groups in total. The first-order valence-electron chi connectivity index (χ1n) is 10.8. The SMILES string of the molecule is CCOC(=O)c1cnn(-c2ccc(C(=O)Nc3nc(-c4ccc(NC(C)=O)cc4)cs3)cc2)c1C. The quantitative estimate of drug-likeness (QED) is 0.364. The monoisotopic (exact) mass is 489 g/mol. The van der Waals surface area contributed by atoms with E-state index in [0.717, 1.165) is 11.3 Å². The second-order valence-electron chi connectivity index (χ2n) is 7.57. The highest BCUT2D eigenvalue weighted by Gasteiger charge is 2.17. The Hall–Kier alpha value is -4.31. The van der Waals surface area contributed by atoms with E-state index in [2.05, 4.69) is 20.7 Å². The molecular formula is C25H23N5O4S. The summed E-state index contributed by atoms with van der Waals surface area (Å²) in [6, 6.07) is 14.2. The maximum atomic E-state index is 12.7. The lowest BCUT2D eigenvalue weighted by molar-refractivity contribution is -0.114.